The van der Waals surface area contributed by atoms with Gasteiger partial charge < -0.3 is 5.73 Å². The molecule has 0 aromatic carbocycles. The lowest BCUT2D eigenvalue weighted by Crippen LogP contribution is -1.88. The van der Waals surface area contributed by atoms with E-state index in [1.165, 1.54) is 0 Å². The van der Waals surface area contributed by atoms with E-state index in [-0.39, 0.29) is 0 Å². The van der Waals surface area contributed by atoms with Crippen molar-refractivity contribution in [1.82, 2.24) is 4.98 Å². The van der Waals surface area contributed by atoms with Crippen molar-refractivity contribution in [1.29, 1.82) is 0 Å². The molecular weight excluding hydrogens is 204 g/mol. The maximum Gasteiger partial charge on any atom is 0.123 e. The Morgan fingerprint density at radius 3 is 3.09 bits per heavy atom. The fourth-order valence-electron chi connectivity index (χ4n) is 0.750. The number of halogens is 1. The van der Waals surface area contributed by atoms with Gasteiger partial charge in [0.2, 0.25) is 0 Å². The van der Waals surface area contributed by atoms with Gasteiger partial charge in [0.1, 0.15) is 5.82 Å². The third-order valence-electron chi connectivity index (χ3n) is 1.20. The topological polar surface area (TPSA) is 38.9 Å². The van der Waals surface area contributed by atoms with E-state index in [2.05, 4.69) is 20.9 Å². The van der Waals surface area contributed by atoms with Crippen LogP contribution in [-0.4, -0.2) is 10.3 Å². The first-order chi connectivity index (χ1) is 5.33. The Morgan fingerprint density at radius 2 is 2.45 bits per heavy atom. The number of hydrogen-bond acceptors (Lipinski definition) is 2. The molecule has 0 bridgehead atoms. The number of rotatable bonds is 2. The van der Waals surface area contributed by atoms with Crippen LogP contribution < -0.4 is 5.73 Å². The van der Waals surface area contributed by atoms with E-state index in [4.69, 9.17) is 5.73 Å². The van der Waals surface area contributed by atoms with Crippen molar-refractivity contribution < 1.29 is 0 Å². The maximum atomic E-state index is 5.47. The largest absolute Gasteiger partial charge is 0.384 e. The molecule has 0 amide bonds. The Kier molecular flexibility index (Phi) is 3.11. The van der Waals surface area contributed by atoms with Gasteiger partial charge in [-0.05, 0) is 17.7 Å². The molecule has 0 radical (unpaired) electrons. The second kappa shape index (κ2) is 4.13. The second-order valence-corrected chi connectivity index (χ2v) is 2.72. The van der Waals surface area contributed by atoms with Crippen LogP contribution in [0, 0.1) is 0 Å². The molecular formula is C8H9BrN2. The zero-order valence-corrected chi connectivity index (χ0v) is 7.58. The summed E-state index contributed by atoms with van der Waals surface area (Å²) in [7, 11) is 0. The predicted octanol–water partition coefficient (Wildman–Crippen LogP) is 2.07. The average Bonchev–Trinajstić information content (AvgIpc) is 2.01. The average molecular weight is 213 g/mol. The van der Waals surface area contributed by atoms with E-state index >= 15 is 0 Å². The van der Waals surface area contributed by atoms with Gasteiger partial charge in [-0.2, -0.15) is 0 Å². The van der Waals surface area contributed by atoms with E-state index < -0.39 is 0 Å². The van der Waals surface area contributed by atoms with E-state index in [0.717, 1.165) is 10.9 Å². The molecule has 0 aliphatic heterocycles. The van der Waals surface area contributed by atoms with Gasteiger partial charge in [-0.15, -0.1) is 0 Å². The quantitative estimate of drug-likeness (QED) is 0.763. The van der Waals surface area contributed by atoms with Crippen molar-refractivity contribution in [2.75, 3.05) is 11.1 Å². The first-order valence-corrected chi connectivity index (χ1v) is 4.39. The fourth-order valence-corrected chi connectivity index (χ4v) is 0.937. The molecule has 3 heteroatoms. The normalized spacial score (nSPS) is 10.6. The standard InChI is InChI=1S/C8H9BrN2/c9-4-1-2-7-3-5-11-8(10)6-7/h1-3,5-6H,4H2,(H2,10,11). The van der Waals surface area contributed by atoms with Gasteiger partial charge in [0, 0.05) is 11.5 Å². The summed E-state index contributed by atoms with van der Waals surface area (Å²) < 4.78 is 0. The molecule has 0 atom stereocenters. The van der Waals surface area contributed by atoms with Crippen LogP contribution in [0.3, 0.4) is 0 Å². The van der Waals surface area contributed by atoms with Gasteiger partial charge in [0.05, 0.1) is 0 Å². The molecule has 0 spiro atoms. The molecule has 1 rings (SSSR count). The predicted molar refractivity (Wildman–Crippen MR) is 51.5 cm³/mol. The number of nitrogen functional groups attached to an aromatic ring is 1. The highest BCUT2D eigenvalue weighted by Gasteiger charge is 1.86. The molecule has 0 aliphatic rings. The van der Waals surface area contributed by atoms with Crippen LogP contribution in [0.1, 0.15) is 5.56 Å². The minimum Gasteiger partial charge on any atom is -0.384 e. The Labute approximate surface area is 74.3 Å². The molecule has 1 heterocycles. The lowest BCUT2D eigenvalue weighted by atomic mass is 10.2. The molecule has 2 nitrogen and oxygen atoms in total. The first-order valence-electron chi connectivity index (χ1n) is 3.27. The Morgan fingerprint density at radius 1 is 1.64 bits per heavy atom. The van der Waals surface area contributed by atoms with Crippen molar-refractivity contribution in [3.05, 3.63) is 30.0 Å². The fraction of sp³-hybridized carbons (Fsp3) is 0.125. The third kappa shape index (κ3) is 2.72. The number of hydrogen-bond donors (Lipinski definition) is 1. The van der Waals surface area contributed by atoms with Crippen LogP contribution in [0.25, 0.3) is 6.08 Å². The van der Waals surface area contributed by atoms with E-state index in [9.17, 15) is 0 Å². The molecule has 0 saturated heterocycles. The summed E-state index contributed by atoms with van der Waals surface area (Å²) in [6.45, 7) is 0. The number of alkyl halides is 1. The van der Waals surface area contributed by atoms with Crippen LogP contribution >= 0.6 is 15.9 Å². The molecule has 58 valence electrons. The summed E-state index contributed by atoms with van der Waals surface area (Å²) in [6.07, 6.45) is 5.70. The van der Waals surface area contributed by atoms with Gasteiger partial charge in [-0.1, -0.05) is 28.1 Å². The third-order valence-corrected chi connectivity index (χ3v) is 1.58. The number of allylic oxidation sites excluding steroid dienone is 1. The van der Waals surface area contributed by atoms with Crippen LogP contribution in [0.4, 0.5) is 5.82 Å². The number of nitrogens with zero attached hydrogens (tertiary/aromatic N) is 1. The summed E-state index contributed by atoms with van der Waals surface area (Å²) >= 11 is 3.29. The van der Waals surface area contributed by atoms with Gasteiger partial charge in [0.25, 0.3) is 0 Å². The smallest absolute Gasteiger partial charge is 0.123 e. The first kappa shape index (κ1) is 8.27. The summed E-state index contributed by atoms with van der Waals surface area (Å²) in [6, 6.07) is 3.74. The number of nitrogens with two attached hydrogens (primary N) is 1. The number of aromatic nitrogens is 1. The van der Waals surface area contributed by atoms with Gasteiger partial charge >= 0.3 is 0 Å². The molecule has 0 saturated carbocycles. The number of pyridine rings is 1. The molecule has 0 fully saturated rings. The van der Waals surface area contributed by atoms with E-state index in [1.807, 2.05) is 24.3 Å². The number of anilines is 1. The Bertz CT molecular complexity index is 258. The summed E-state index contributed by atoms with van der Waals surface area (Å²) in [5, 5.41) is 0.856. The van der Waals surface area contributed by atoms with Gasteiger partial charge in [-0.25, -0.2) is 4.98 Å². The molecule has 11 heavy (non-hydrogen) atoms. The minimum atomic E-state index is 0.557. The minimum absolute atomic E-state index is 0.557. The summed E-state index contributed by atoms with van der Waals surface area (Å²) in [4.78, 5) is 3.88. The highest BCUT2D eigenvalue weighted by molar-refractivity contribution is 9.09. The van der Waals surface area contributed by atoms with Gasteiger partial charge in [-0.3, -0.25) is 0 Å². The summed E-state index contributed by atoms with van der Waals surface area (Å²) in [5.74, 6) is 0.557. The Hall–Kier alpha value is -0.830. The molecule has 2 N–H and O–H groups in total. The molecule has 1 aromatic rings. The van der Waals surface area contributed by atoms with Crippen molar-refractivity contribution in [2.45, 2.75) is 0 Å². The van der Waals surface area contributed by atoms with Crippen LogP contribution in [0.5, 0.6) is 0 Å². The zero-order chi connectivity index (χ0) is 8.10. The lowest BCUT2D eigenvalue weighted by Gasteiger charge is -1.93. The van der Waals surface area contributed by atoms with Gasteiger partial charge in [0.15, 0.2) is 0 Å². The maximum absolute atomic E-state index is 5.47. The molecule has 1 aromatic heterocycles. The van der Waals surface area contributed by atoms with Crippen LogP contribution in [0.2, 0.25) is 0 Å². The van der Waals surface area contributed by atoms with Crippen molar-refractivity contribution in [3.8, 4) is 0 Å². The molecule has 0 unspecified atom stereocenters. The second-order valence-electron chi connectivity index (χ2n) is 2.07. The SMILES string of the molecule is Nc1cc(C=CCBr)ccn1. The highest BCUT2D eigenvalue weighted by atomic mass is 79.9. The monoisotopic (exact) mass is 212 g/mol. The highest BCUT2D eigenvalue weighted by Crippen LogP contribution is 2.04. The molecule has 0 aliphatic carbocycles. The van der Waals surface area contributed by atoms with E-state index in [0.29, 0.717) is 5.82 Å². The Balaban J connectivity index is 2.79. The summed E-state index contributed by atoms with van der Waals surface area (Å²) in [5.41, 5.74) is 6.55. The van der Waals surface area contributed by atoms with Crippen molar-refractivity contribution in [3.63, 3.8) is 0 Å². The van der Waals surface area contributed by atoms with Crippen molar-refractivity contribution >= 4 is 27.8 Å². The van der Waals surface area contributed by atoms with Crippen LogP contribution in [-0.2, 0) is 0 Å². The lowest BCUT2D eigenvalue weighted by molar-refractivity contribution is 1.33. The zero-order valence-electron chi connectivity index (χ0n) is 6.00. The van der Waals surface area contributed by atoms with Crippen LogP contribution in [0.15, 0.2) is 24.4 Å². The van der Waals surface area contributed by atoms with Crippen molar-refractivity contribution in [2.24, 2.45) is 0 Å². The van der Waals surface area contributed by atoms with E-state index in [1.54, 1.807) is 6.20 Å².